The van der Waals surface area contributed by atoms with Gasteiger partial charge in [0.05, 0.1) is 18.8 Å². The lowest BCUT2D eigenvalue weighted by Gasteiger charge is -2.20. The highest BCUT2D eigenvalue weighted by molar-refractivity contribution is 5.66. The molecule has 0 fully saturated rings. The van der Waals surface area contributed by atoms with Gasteiger partial charge in [-0.05, 0) is 38.2 Å². The zero-order chi connectivity index (χ0) is 23.4. The van der Waals surface area contributed by atoms with Crippen LogP contribution in [0.15, 0.2) is 30.3 Å². The Morgan fingerprint density at radius 3 is 1.94 bits per heavy atom. The fourth-order valence-electron chi connectivity index (χ4n) is 3.92. The number of aliphatic carboxylic acids is 1. The van der Waals surface area contributed by atoms with Gasteiger partial charge in [-0.15, -0.1) is 0 Å². The average Bonchev–Trinajstić information content (AvgIpc) is 2.75. The summed E-state index contributed by atoms with van der Waals surface area (Å²) < 4.78 is 11.5. The molecule has 1 rings (SSSR count). The van der Waals surface area contributed by atoms with E-state index in [9.17, 15) is 9.59 Å². The van der Waals surface area contributed by atoms with Crippen molar-refractivity contribution in [2.24, 2.45) is 0 Å². The molecule has 0 radical (unpaired) electrons. The van der Waals surface area contributed by atoms with Crippen molar-refractivity contribution in [3.8, 4) is 0 Å². The number of hydrogen-bond donors (Lipinski definition) is 1. The van der Waals surface area contributed by atoms with E-state index in [1.165, 1.54) is 51.0 Å². The summed E-state index contributed by atoms with van der Waals surface area (Å²) in [6.45, 7) is 4.03. The number of benzene rings is 1. The fourth-order valence-corrected chi connectivity index (χ4v) is 3.92. The van der Waals surface area contributed by atoms with Gasteiger partial charge in [0.15, 0.2) is 0 Å². The first-order valence-corrected chi connectivity index (χ1v) is 12.5. The van der Waals surface area contributed by atoms with Crippen molar-refractivity contribution >= 4 is 11.9 Å². The van der Waals surface area contributed by atoms with E-state index in [1.54, 1.807) is 0 Å². The monoisotopic (exact) mass is 448 g/mol. The lowest BCUT2D eigenvalue weighted by molar-refractivity contribution is -0.146. The number of carboxylic acid groups (broad SMARTS) is 1. The third kappa shape index (κ3) is 16.8. The van der Waals surface area contributed by atoms with Gasteiger partial charge in [0.25, 0.3) is 0 Å². The Hall–Kier alpha value is -1.88. The Morgan fingerprint density at radius 2 is 1.38 bits per heavy atom. The second-order valence-corrected chi connectivity index (χ2v) is 8.88. The maximum atomic E-state index is 11.1. The Morgan fingerprint density at radius 1 is 0.812 bits per heavy atom. The van der Waals surface area contributed by atoms with Crippen molar-refractivity contribution in [2.45, 2.75) is 123 Å². The minimum Gasteiger partial charge on any atom is -0.481 e. The van der Waals surface area contributed by atoms with Gasteiger partial charge in [-0.3, -0.25) is 9.59 Å². The molecule has 0 saturated heterocycles. The smallest absolute Gasteiger partial charge is 0.303 e. The molecule has 2 unspecified atom stereocenters. The quantitative estimate of drug-likeness (QED) is 0.171. The molecule has 0 saturated carbocycles. The number of ether oxygens (including phenoxy) is 2. The van der Waals surface area contributed by atoms with Crippen LogP contribution in [0.5, 0.6) is 0 Å². The summed E-state index contributed by atoms with van der Waals surface area (Å²) in [4.78, 5) is 21.6. The van der Waals surface area contributed by atoms with Crippen LogP contribution in [0.3, 0.4) is 0 Å². The van der Waals surface area contributed by atoms with Gasteiger partial charge in [-0.1, -0.05) is 88.1 Å². The van der Waals surface area contributed by atoms with E-state index in [2.05, 4.69) is 12.1 Å². The summed E-state index contributed by atoms with van der Waals surface area (Å²) in [7, 11) is 0. The molecular formula is C27H44O5. The third-order valence-electron chi connectivity index (χ3n) is 5.76. The number of unbranched alkanes of at least 4 members (excludes halogenated alkanes) is 9. The van der Waals surface area contributed by atoms with E-state index in [0.29, 0.717) is 13.0 Å². The molecule has 0 bridgehead atoms. The summed E-state index contributed by atoms with van der Waals surface area (Å²) in [5.74, 6) is -0.906. The Balaban J connectivity index is 2.16. The van der Waals surface area contributed by atoms with Crippen molar-refractivity contribution in [2.75, 3.05) is 0 Å². The lowest BCUT2D eigenvalue weighted by Crippen LogP contribution is -2.18. The normalized spacial score (nSPS) is 12.9. The van der Waals surface area contributed by atoms with Crippen molar-refractivity contribution in [3.63, 3.8) is 0 Å². The largest absolute Gasteiger partial charge is 0.481 e. The molecule has 0 aromatic heterocycles. The van der Waals surface area contributed by atoms with Crippen LogP contribution in [-0.2, 0) is 25.7 Å². The highest BCUT2D eigenvalue weighted by Crippen LogP contribution is 2.18. The van der Waals surface area contributed by atoms with Crippen LogP contribution in [0, 0.1) is 0 Å². The standard InChI is InChI=1S/C27H44O5/c1-23(32-24(2)28)20-21-26(31-22-25-16-12-11-13-17-25)18-14-9-7-5-3-4-6-8-10-15-19-27(29)30/h11-13,16-17,23,26H,3-10,14-15,18-22H2,1-2H3,(H,29,30). The predicted molar refractivity (Wildman–Crippen MR) is 129 cm³/mol. The van der Waals surface area contributed by atoms with E-state index < -0.39 is 5.97 Å². The molecule has 1 N–H and O–H groups in total. The zero-order valence-corrected chi connectivity index (χ0v) is 20.2. The van der Waals surface area contributed by atoms with E-state index in [4.69, 9.17) is 14.6 Å². The predicted octanol–water partition coefficient (Wildman–Crippen LogP) is 7.07. The molecular weight excluding hydrogens is 404 g/mol. The topological polar surface area (TPSA) is 72.8 Å². The van der Waals surface area contributed by atoms with Gasteiger partial charge in [0.1, 0.15) is 0 Å². The minimum absolute atomic E-state index is 0.0700. The number of rotatable bonds is 20. The van der Waals surface area contributed by atoms with Crippen LogP contribution < -0.4 is 0 Å². The summed E-state index contributed by atoms with van der Waals surface area (Å²) in [6.07, 6.45) is 14.9. The van der Waals surface area contributed by atoms with E-state index in [0.717, 1.165) is 44.9 Å². The molecule has 0 aliphatic carbocycles. The van der Waals surface area contributed by atoms with Crippen LogP contribution >= 0.6 is 0 Å². The number of hydrogen-bond acceptors (Lipinski definition) is 4. The third-order valence-corrected chi connectivity index (χ3v) is 5.76. The second kappa shape index (κ2) is 18.7. The van der Waals surface area contributed by atoms with E-state index >= 15 is 0 Å². The summed E-state index contributed by atoms with van der Waals surface area (Å²) >= 11 is 0. The first kappa shape index (κ1) is 28.2. The first-order chi connectivity index (χ1) is 15.5. The maximum Gasteiger partial charge on any atom is 0.303 e. The molecule has 1 aromatic carbocycles. The molecule has 32 heavy (non-hydrogen) atoms. The van der Waals surface area contributed by atoms with Gasteiger partial charge in [-0.2, -0.15) is 0 Å². The number of esters is 1. The SMILES string of the molecule is CC(=O)OC(C)CCC(CCCCCCCCCCCCC(=O)O)OCc1ccccc1. The molecule has 0 aliphatic heterocycles. The van der Waals surface area contributed by atoms with Gasteiger partial charge in [-0.25, -0.2) is 0 Å². The average molecular weight is 449 g/mol. The minimum atomic E-state index is -0.684. The Bertz CT molecular complexity index is 601. The summed E-state index contributed by atoms with van der Waals surface area (Å²) in [6, 6.07) is 10.3. The second-order valence-electron chi connectivity index (χ2n) is 8.88. The van der Waals surface area contributed by atoms with Crippen LogP contribution in [0.4, 0.5) is 0 Å². The van der Waals surface area contributed by atoms with Crippen molar-refractivity contribution in [1.82, 2.24) is 0 Å². The van der Waals surface area contributed by atoms with Crippen LogP contribution in [-0.4, -0.2) is 29.3 Å². The molecule has 2 atom stereocenters. The summed E-state index contributed by atoms with van der Waals surface area (Å²) in [5, 5.41) is 8.63. The van der Waals surface area contributed by atoms with E-state index in [1.807, 2.05) is 25.1 Å². The van der Waals surface area contributed by atoms with Crippen LogP contribution in [0.25, 0.3) is 0 Å². The number of carboxylic acids is 1. The number of carbonyl (C=O) groups excluding carboxylic acids is 1. The molecule has 5 nitrogen and oxygen atoms in total. The zero-order valence-electron chi connectivity index (χ0n) is 20.2. The fraction of sp³-hybridized carbons (Fsp3) is 0.704. The highest BCUT2D eigenvalue weighted by atomic mass is 16.5. The molecule has 5 heteroatoms. The maximum absolute atomic E-state index is 11.1. The molecule has 1 aromatic rings. The molecule has 182 valence electrons. The van der Waals surface area contributed by atoms with Gasteiger partial charge < -0.3 is 14.6 Å². The molecule has 0 aliphatic rings. The Labute approximate surface area is 194 Å². The molecule has 0 amide bonds. The Kier molecular flexibility index (Phi) is 16.4. The lowest BCUT2D eigenvalue weighted by atomic mass is 10.0. The molecule has 0 spiro atoms. The first-order valence-electron chi connectivity index (χ1n) is 12.5. The van der Waals surface area contributed by atoms with Gasteiger partial charge >= 0.3 is 11.9 Å². The van der Waals surface area contributed by atoms with Crippen LogP contribution in [0.2, 0.25) is 0 Å². The van der Waals surface area contributed by atoms with Crippen LogP contribution in [0.1, 0.15) is 109 Å². The van der Waals surface area contributed by atoms with Gasteiger partial charge in [0.2, 0.25) is 0 Å². The highest BCUT2D eigenvalue weighted by Gasteiger charge is 2.13. The number of carbonyl (C=O) groups is 2. The van der Waals surface area contributed by atoms with E-state index in [-0.39, 0.29) is 18.2 Å². The van der Waals surface area contributed by atoms with Gasteiger partial charge in [0, 0.05) is 13.3 Å². The van der Waals surface area contributed by atoms with Crippen molar-refractivity contribution < 1.29 is 24.2 Å². The van der Waals surface area contributed by atoms with Crippen molar-refractivity contribution in [3.05, 3.63) is 35.9 Å². The summed E-state index contributed by atoms with van der Waals surface area (Å²) in [5.41, 5.74) is 1.19. The van der Waals surface area contributed by atoms with Crippen molar-refractivity contribution in [1.29, 1.82) is 0 Å². The molecule has 0 heterocycles.